The summed E-state index contributed by atoms with van der Waals surface area (Å²) in [7, 11) is 1.56. The smallest absolute Gasteiger partial charge is 0.338 e. The second-order valence-electron chi connectivity index (χ2n) is 6.87. The van der Waals surface area contributed by atoms with Crippen molar-refractivity contribution >= 4 is 40.4 Å². The van der Waals surface area contributed by atoms with Gasteiger partial charge in [-0.25, -0.2) is 9.79 Å². The minimum Gasteiger partial charge on any atom is -0.462 e. The molecule has 0 aromatic heterocycles. The molecule has 1 fully saturated rings. The van der Waals surface area contributed by atoms with E-state index in [1.54, 1.807) is 43.1 Å². The lowest BCUT2D eigenvalue weighted by Gasteiger charge is -2.31. The van der Waals surface area contributed by atoms with Gasteiger partial charge in [0.05, 0.1) is 23.1 Å². The number of amides is 2. The van der Waals surface area contributed by atoms with E-state index in [0.29, 0.717) is 36.0 Å². The number of benzene rings is 2. The molecule has 0 radical (unpaired) electrons. The lowest BCUT2D eigenvalue weighted by Crippen LogP contribution is -2.46. The van der Waals surface area contributed by atoms with Crippen LogP contribution in [0.4, 0.5) is 5.69 Å². The van der Waals surface area contributed by atoms with Gasteiger partial charge >= 0.3 is 5.97 Å². The predicted molar refractivity (Wildman–Crippen MR) is 121 cm³/mol. The van der Waals surface area contributed by atoms with Crippen molar-refractivity contribution in [1.29, 1.82) is 0 Å². The number of nitrogens with zero attached hydrogens (tertiary/aromatic N) is 2. The first kappa shape index (κ1) is 22.6. The standard InChI is InChI=1S/C23H25N3O4S/c1-3-30-22(29)17-9-11-18(12-10-17)25-23-26(14-13-16-7-5-4-6-8-16)20(27)15-19(31-23)21(28)24-2/h4-12,19H,3,13-15H2,1-2H3,(H,24,28)/t19-/m1/s1. The molecule has 1 atom stereocenters. The summed E-state index contributed by atoms with van der Waals surface area (Å²) in [6, 6.07) is 16.6. The minimum atomic E-state index is -0.525. The number of ether oxygens (including phenoxy) is 1. The molecule has 0 saturated carbocycles. The average Bonchev–Trinajstić information content (AvgIpc) is 2.79. The summed E-state index contributed by atoms with van der Waals surface area (Å²) in [6.07, 6.45) is 0.804. The van der Waals surface area contributed by atoms with Gasteiger partial charge in [-0.1, -0.05) is 42.1 Å². The Morgan fingerprint density at radius 1 is 1.16 bits per heavy atom. The lowest BCUT2D eigenvalue weighted by atomic mass is 10.1. The normalized spacial score (nSPS) is 17.5. The molecule has 0 unspecified atom stereocenters. The molecule has 31 heavy (non-hydrogen) atoms. The van der Waals surface area contributed by atoms with Crippen molar-refractivity contribution < 1.29 is 19.1 Å². The number of amidine groups is 1. The van der Waals surface area contributed by atoms with Crippen LogP contribution in [-0.4, -0.2) is 53.3 Å². The van der Waals surface area contributed by atoms with E-state index in [1.807, 2.05) is 30.3 Å². The summed E-state index contributed by atoms with van der Waals surface area (Å²) >= 11 is 1.28. The number of thioether (sulfide) groups is 1. The zero-order valence-corrected chi connectivity index (χ0v) is 18.4. The second kappa shape index (κ2) is 10.8. The van der Waals surface area contributed by atoms with Crippen LogP contribution in [0.15, 0.2) is 59.6 Å². The number of hydrogen-bond donors (Lipinski definition) is 1. The van der Waals surface area contributed by atoms with E-state index < -0.39 is 11.2 Å². The summed E-state index contributed by atoms with van der Waals surface area (Å²) in [5.74, 6) is -0.732. The summed E-state index contributed by atoms with van der Waals surface area (Å²) < 4.78 is 5.00. The number of rotatable bonds is 7. The molecule has 2 amide bonds. The van der Waals surface area contributed by atoms with Gasteiger partial charge in [-0.15, -0.1) is 0 Å². The van der Waals surface area contributed by atoms with Gasteiger partial charge in [-0.2, -0.15) is 0 Å². The van der Waals surface area contributed by atoms with Crippen LogP contribution in [0, 0.1) is 0 Å². The maximum absolute atomic E-state index is 12.9. The van der Waals surface area contributed by atoms with Gasteiger partial charge in [0.15, 0.2) is 5.17 Å². The van der Waals surface area contributed by atoms with E-state index >= 15 is 0 Å². The maximum Gasteiger partial charge on any atom is 0.338 e. The SMILES string of the molecule is CCOC(=O)c1ccc(N=C2S[C@@H](C(=O)NC)CC(=O)N2CCc2ccccc2)cc1. The first-order valence-electron chi connectivity index (χ1n) is 10.1. The third kappa shape index (κ3) is 5.95. The predicted octanol–water partition coefficient (Wildman–Crippen LogP) is 3.17. The summed E-state index contributed by atoms with van der Waals surface area (Å²) in [6.45, 7) is 2.53. The maximum atomic E-state index is 12.9. The Labute approximate surface area is 185 Å². The highest BCUT2D eigenvalue weighted by atomic mass is 32.2. The van der Waals surface area contributed by atoms with E-state index in [2.05, 4.69) is 10.3 Å². The summed E-state index contributed by atoms with van der Waals surface area (Å²) in [4.78, 5) is 43.1. The fraction of sp³-hybridized carbons (Fsp3) is 0.304. The molecule has 2 aromatic rings. The zero-order valence-electron chi connectivity index (χ0n) is 17.5. The number of carbonyl (C=O) groups is 3. The Bertz CT molecular complexity index is 961. The average molecular weight is 440 g/mol. The molecular formula is C23H25N3O4S. The van der Waals surface area contributed by atoms with Crippen molar-refractivity contribution in [2.24, 2.45) is 4.99 Å². The van der Waals surface area contributed by atoms with Gasteiger partial charge in [-0.05, 0) is 43.2 Å². The second-order valence-corrected chi connectivity index (χ2v) is 8.04. The Kier molecular flexibility index (Phi) is 7.83. The lowest BCUT2D eigenvalue weighted by molar-refractivity contribution is -0.130. The van der Waals surface area contributed by atoms with E-state index in [4.69, 9.17) is 4.74 Å². The van der Waals surface area contributed by atoms with Gasteiger partial charge in [-0.3, -0.25) is 14.5 Å². The molecule has 0 bridgehead atoms. The Hall–Kier alpha value is -3.13. The van der Waals surface area contributed by atoms with Crippen LogP contribution < -0.4 is 5.32 Å². The highest BCUT2D eigenvalue weighted by Gasteiger charge is 2.35. The minimum absolute atomic E-state index is 0.125. The van der Waals surface area contributed by atoms with Gasteiger partial charge in [0.25, 0.3) is 0 Å². The molecule has 1 aliphatic heterocycles. The van der Waals surface area contributed by atoms with E-state index in [-0.39, 0.29) is 18.2 Å². The molecule has 1 aliphatic rings. The van der Waals surface area contributed by atoms with E-state index in [0.717, 1.165) is 5.56 Å². The fourth-order valence-corrected chi connectivity index (χ4v) is 4.29. The molecule has 1 N–H and O–H groups in total. The summed E-state index contributed by atoms with van der Waals surface area (Å²) in [5.41, 5.74) is 2.14. The van der Waals surface area contributed by atoms with E-state index in [1.165, 1.54) is 11.8 Å². The molecule has 3 rings (SSSR count). The van der Waals surface area contributed by atoms with Gasteiger partial charge in [0.1, 0.15) is 0 Å². The fourth-order valence-electron chi connectivity index (χ4n) is 3.10. The topological polar surface area (TPSA) is 88.1 Å². The van der Waals surface area contributed by atoms with Crippen LogP contribution in [-0.2, 0) is 20.7 Å². The van der Waals surface area contributed by atoms with Gasteiger partial charge < -0.3 is 10.1 Å². The molecule has 7 nitrogen and oxygen atoms in total. The molecular weight excluding hydrogens is 414 g/mol. The van der Waals surface area contributed by atoms with Crippen LogP contribution in [0.25, 0.3) is 0 Å². The molecule has 8 heteroatoms. The monoisotopic (exact) mass is 439 g/mol. The van der Waals surface area contributed by atoms with Crippen LogP contribution >= 0.6 is 11.8 Å². The van der Waals surface area contributed by atoms with Crippen LogP contribution in [0.5, 0.6) is 0 Å². The van der Waals surface area contributed by atoms with Crippen molar-refractivity contribution in [3.63, 3.8) is 0 Å². The van der Waals surface area contributed by atoms with Crippen molar-refractivity contribution in [1.82, 2.24) is 10.2 Å². The molecule has 1 heterocycles. The molecule has 2 aromatic carbocycles. The largest absolute Gasteiger partial charge is 0.462 e. The number of nitrogens with one attached hydrogen (secondary N) is 1. The van der Waals surface area contributed by atoms with Crippen molar-refractivity contribution in [3.8, 4) is 0 Å². The van der Waals surface area contributed by atoms with Crippen LogP contribution in [0.2, 0.25) is 0 Å². The van der Waals surface area contributed by atoms with Crippen LogP contribution in [0.3, 0.4) is 0 Å². The Morgan fingerprint density at radius 3 is 2.52 bits per heavy atom. The van der Waals surface area contributed by atoms with Crippen molar-refractivity contribution in [3.05, 3.63) is 65.7 Å². The Morgan fingerprint density at radius 2 is 1.87 bits per heavy atom. The molecule has 0 spiro atoms. The highest BCUT2D eigenvalue weighted by Crippen LogP contribution is 2.29. The van der Waals surface area contributed by atoms with E-state index in [9.17, 15) is 14.4 Å². The van der Waals surface area contributed by atoms with Gasteiger partial charge in [0, 0.05) is 20.0 Å². The van der Waals surface area contributed by atoms with Gasteiger partial charge in [0.2, 0.25) is 11.8 Å². The number of hydrogen-bond acceptors (Lipinski definition) is 6. The number of aliphatic imine (C=N–C) groups is 1. The Balaban J connectivity index is 1.83. The quantitative estimate of drug-likeness (QED) is 0.670. The number of carbonyl (C=O) groups excluding carboxylic acids is 3. The summed E-state index contributed by atoms with van der Waals surface area (Å²) in [5, 5.41) is 2.56. The molecule has 1 saturated heterocycles. The number of esters is 1. The third-order valence-corrected chi connectivity index (χ3v) is 5.94. The van der Waals surface area contributed by atoms with Crippen molar-refractivity contribution in [2.75, 3.05) is 20.2 Å². The molecule has 0 aliphatic carbocycles. The highest BCUT2D eigenvalue weighted by molar-refractivity contribution is 8.15. The molecule has 162 valence electrons. The first-order valence-corrected chi connectivity index (χ1v) is 11.0. The van der Waals surface area contributed by atoms with Crippen LogP contribution in [0.1, 0.15) is 29.3 Å². The first-order chi connectivity index (χ1) is 15.0. The third-order valence-electron chi connectivity index (χ3n) is 4.75. The zero-order chi connectivity index (χ0) is 22.2. The van der Waals surface area contributed by atoms with Crippen molar-refractivity contribution in [2.45, 2.75) is 25.0 Å².